The molecule has 35 heavy (non-hydrogen) atoms. The van der Waals surface area contributed by atoms with E-state index in [1.165, 1.54) is 4.31 Å². The first-order chi connectivity index (χ1) is 16.6. The molecule has 1 aliphatic heterocycles. The maximum absolute atomic E-state index is 13.6. The molecule has 0 saturated heterocycles. The Labute approximate surface area is 209 Å². The van der Waals surface area contributed by atoms with Gasteiger partial charge >= 0.3 is 0 Å². The molecule has 0 amide bonds. The Hall–Kier alpha value is -2.48. The fraction of sp³-hybridized carbons (Fsp3) is 0.500. The smallest absolute Gasteiger partial charge is 0.247 e. The highest BCUT2D eigenvalue weighted by Crippen LogP contribution is 2.34. The lowest BCUT2D eigenvalue weighted by Crippen LogP contribution is -2.49. The van der Waals surface area contributed by atoms with Crippen LogP contribution in [0.4, 0.5) is 0 Å². The molecule has 0 unspecified atom stereocenters. The van der Waals surface area contributed by atoms with Gasteiger partial charge in [-0.3, -0.25) is 14.8 Å². The molecule has 0 bridgehead atoms. The van der Waals surface area contributed by atoms with Gasteiger partial charge in [0.25, 0.3) is 0 Å². The van der Waals surface area contributed by atoms with Crippen LogP contribution in [0.25, 0.3) is 0 Å². The van der Waals surface area contributed by atoms with Crippen molar-refractivity contribution in [3.8, 4) is 17.6 Å². The molecule has 8 nitrogen and oxygen atoms in total. The van der Waals surface area contributed by atoms with Crippen molar-refractivity contribution in [1.82, 2.24) is 19.1 Å². The molecule has 0 aliphatic carbocycles. The Bertz CT molecular complexity index is 1140. The number of benzene rings is 1. The molecule has 3 rings (SSSR count). The number of hydrogen-bond donors (Lipinski definition) is 1. The largest absolute Gasteiger partial charge is 0.487 e. The SMILES string of the molecule is C[C@@H]1CN([C@H](C)CO)S(=O)(=O)c2ccc(C#CCN(C)C)cc2O[C@@H]1CN(C)Cc1cccnc1. The standard InChI is InChI=1S/C26H36N4O4S/c1-20-16-30(21(2)19-31)35(32,33)26-11-10-22(9-7-13-28(3)4)14-24(26)34-25(20)18-29(5)17-23-8-6-12-27-15-23/h6,8,10-12,14-15,20-21,25,31H,13,16-19H2,1-5H3/t20-,21-,25-/m1/s1. The second-order valence-electron chi connectivity index (χ2n) is 9.50. The number of ether oxygens (including phenoxy) is 1. The van der Waals surface area contributed by atoms with E-state index in [1.54, 1.807) is 31.3 Å². The van der Waals surface area contributed by atoms with Gasteiger partial charge in [-0.05, 0) is 57.9 Å². The van der Waals surface area contributed by atoms with E-state index in [1.807, 2.05) is 51.3 Å². The monoisotopic (exact) mass is 500 g/mol. The van der Waals surface area contributed by atoms with Gasteiger partial charge in [-0.1, -0.05) is 24.8 Å². The van der Waals surface area contributed by atoms with Crippen molar-refractivity contribution >= 4 is 10.0 Å². The van der Waals surface area contributed by atoms with Crippen molar-refractivity contribution in [2.75, 3.05) is 47.4 Å². The zero-order valence-electron chi connectivity index (χ0n) is 21.2. The van der Waals surface area contributed by atoms with Crippen molar-refractivity contribution in [3.05, 3.63) is 53.9 Å². The Morgan fingerprint density at radius 3 is 2.71 bits per heavy atom. The number of pyridine rings is 1. The molecule has 0 saturated carbocycles. The normalized spacial score (nSPS) is 20.8. The first kappa shape index (κ1) is 27.1. The molecular formula is C26H36N4O4S. The molecule has 0 spiro atoms. The predicted octanol–water partition coefficient (Wildman–Crippen LogP) is 1.90. The second-order valence-corrected chi connectivity index (χ2v) is 11.4. The third-order valence-corrected chi connectivity index (χ3v) is 7.98. The maximum atomic E-state index is 13.6. The molecule has 1 N–H and O–H groups in total. The summed E-state index contributed by atoms with van der Waals surface area (Å²) in [5.74, 6) is 6.36. The van der Waals surface area contributed by atoms with Gasteiger partial charge in [0, 0.05) is 49.6 Å². The minimum atomic E-state index is -3.87. The van der Waals surface area contributed by atoms with E-state index < -0.39 is 16.1 Å². The summed E-state index contributed by atoms with van der Waals surface area (Å²) in [6.45, 7) is 5.57. The third-order valence-electron chi connectivity index (χ3n) is 5.96. The van der Waals surface area contributed by atoms with Gasteiger partial charge in [0.1, 0.15) is 16.7 Å². The molecule has 1 aromatic carbocycles. The number of hydrogen-bond acceptors (Lipinski definition) is 7. The highest BCUT2D eigenvalue weighted by atomic mass is 32.2. The lowest BCUT2D eigenvalue weighted by molar-refractivity contribution is 0.0733. The van der Waals surface area contributed by atoms with Crippen LogP contribution in [0.3, 0.4) is 0 Å². The summed E-state index contributed by atoms with van der Waals surface area (Å²) in [6, 6.07) is 8.36. The van der Waals surface area contributed by atoms with Gasteiger partial charge in [0.15, 0.2) is 0 Å². The van der Waals surface area contributed by atoms with Crippen LogP contribution in [0.1, 0.15) is 25.0 Å². The molecule has 0 fully saturated rings. The van der Waals surface area contributed by atoms with Gasteiger partial charge in [-0.25, -0.2) is 8.42 Å². The van der Waals surface area contributed by atoms with E-state index in [0.29, 0.717) is 30.9 Å². The van der Waals surface area contributed by atoms with Gasteiger partial charge in [-0.15, -0.1) is 0 Å². The summed E-state index contributed by atoms with van der Waals surface area (Å²) in [5.41, 5.74) is 1.78. The van der Waals surface area contributed by atoms with Gasteiger partial charge < -0.3 is 9.84 Å². The van der Waals surface area contributed by atoms with Crippen molar-refractivity contribution < 1.29 is 18.3 Å². The lowest BCUT2D eigenvalue weighted by Gasteiger charge is -2.37. The van der Waals surface area contributed by atoms with Crippen LogP contribution >= 0.6 is 0 Å². The van der Waals surface area contributed by atoms with E-state index in [2.05, 4.69) is 21.7 Å². The van der Waals surface area contributed by atoms with Crippen molar-refractivity contribution in [2.45, 2.75) is 37.4 Å². The van der Waals surface area contributed by atoms with Crippen molar-refractivity contribution in [1.29, 1.82) is 0 Å². The first-order valence-electron chi connectivity index (χ1n) is 11.8. The number of aromatic nitrogens is 1. The quantitative estimate of drug-likeness (QED) is 0.581. The van der Waals surface area contributed by atoms with E-state index in [0.717, 1.165) is 5.56 Å². The summed E-state index contributed by atoms with van der Waals surface area (Å²) in [4.78, 5) is 8.40. The average Bonchev–Trinajstić information content (AvgIpc) is 2.81. The summed E-state index contributed by atoms with van der Waals surface area (Å²) in [6.07, 6.45) is 3.31. The summed E-state index contributed by atoms with van der Waals surface area (Å²) in [7, 11) is 2.02. The maximum Gasteiger partial charge on any atom is 0.247 e. The van der Waals surface area contributed by atoms with Crippen LogP contribution in [0.2, 0.25) is 0 Å². The number of fused-ring (bicyclic) bond motifs is 1. The molecular weight excluding hydrogens is 464 g/mol. The van der Waals surface area contributed by atoms with Crippen LogP contribution in [-0.2, 0) is 16.6 Å². The number of aliphatic hydroxyl groups excluding tert-OH is 1. The Balaban J connectivity index is 1.97. The molecule has 2 heterocycles. The number of likely N-dealkylation sites (N-methyl/N-ethyl adjacent to an activating group) is 1. The molecule has 0 radical (unpaired) electrons. The fourth-order valence-corrected chi connectivity index (χ4v) is 5.82. The zero-order chi connectivity index (χ0) is 25.6. The predicted molar refractivity (Wildman–Crippen MR) is 136 cm³/mol. The lowest BCUT2D eigenvalue weighted by atomic mass is 10.0. The Morgan fingerprint density at radius 2 is 2.06 bits per heavy atom. The van der Waals surface area contributed by atoms with Crippen LogP contribution < -0.4 is 4.74 Å². The fourth-order valence-electron chi connectivity index (χ4n) is 4.00. The van der Waals surface area contributed by atoms with E-state index >= 15 is 0 Å². The van der Waals surface area contributed by atoms with Crippen molar-refractivity contribution in [2.24, 2.45) is 5.92 Å². The van der Waals surface area contributed by atoms with Gasteiger partial charge in [0.05, 0.1) is 13.2 Å². The Kier molecular flexibility index (Phi) is 9.27. The summed E-state index contributed by atoms with van der Waals surface area (Å²) >= 11 is 0. The molecule has 9 heteroatoms. The summed E-state index contributed by atoms with van der Waals surface area (Å²) in [5, 5.41) is 9.80. The van der Waals surface area contributed by atoms with Crippen LogP contribution in [-0.4, -0.2) is 92.1 Å². The number of rotatable bonds is 7. The van der Waals surface area contributed by atoms with Crippen molar-refractivity contribution in [3.63, 3.8) is 0 Å². The molecule has 190 valence electrons. The molecule has 1 aromatic heterocycles. The first-order valence-corrected chi connectivity index (χ1v) is 13.2. The van der Waals surface area contributed by atoms with Gasteiger partial charge in [0.2, 0.25) is 10.0 Å². The number of sulfonamides is 1. The average molecular weight is 501 g/mol. The highest BCUT2D eigenvalue weighted by molar-refractivity contribution is 7.89. The summed E-state index contributed by atoms with van der Waals surface area (Å²) < 4.78 is 35.0. The highest BCUT2D eigenvalue weighted by Gasteiger charge is 2.38. The van der Waals surface area contributed by atoms with E-state index in [4.69, 9.17) is 4.74 Å². The number of aliphatic hydroxyl groups is 1. The third kappa shape index (κ3) is 7.03. The molecule has 2 aromatic rings. The minimum Gasteiger partial charge on any atom is -0.487 e. The molecule has 1 aliphatic rings. The zero-order valence-corrected chi connectivity index (χ0v) is 22.0. The van der Waals surface area contributed by atoms with E-state index in [9.17, 15) is 13.5 Å². The second kappa shape index (κ2) is 12.0. The van der Waals surface area contributed by atoms with E-state index in [-0.39, 0.29) is 30.1 Å². The van der Waals surface area contributed by atoms with Crippen LogP contribution in [0, 0.1) is 17.8 Å². The Morgan fingerprint density at radius 1 is 1.29 bits per heavy atom. The van der Waals surface area contributed by atoms with Crippen LogP contribution in [0.5, 0.6) is 5.75 Å². The topological polar surface area (TPSA) is 86.2 Å². The minimum absolute atomic E-state index is 0.0998. The van der Waals surface area contributed by atoms with Crippen LogP contribution in [0.15, 0.2) is 47.6 Å². The molecule has 3 atom stereocenters. The van der Waals surface area contributed by atoms with Gasteiger partial charge in [-0.2, -0.15) is 4.31 Å². The number of nitrogens with zero attached hydrogens (tertiary/aromatic N) is 4.